The Labute approximate surface area is 207 Å². The number of halogens is 4. The van der Waals surface area contributed by atoms with Crippen LogP contribution in [-0.4, -0.2) is 42.3 Å². The van der Waals surface area contributed by atoms with Gasteiger partial charge in [-0.25, -0.2) is 14.2 Å². The van der Waals surface area contributed by atoms with Crippen LogP contribution in [0.25, 0.3) is 33.6 Å². The number of fused-ring (bicyclic) bond motifs is 1. The van der Waals surface area contributed by atoms with Crippen LogP contribution in [0.5, 0.6) is 5.75 Å². The van der Waals surface area contributed by atoms with E-state index in [1.807, 2.05) is 0 Å². The Kier molecular flexibility index (Phi) is 6.88. The third-order valence-electron chi connectivity index (χ3n) is 5.71. The molecule has 192 valence electrons. The SMILES string of the molecule is CNC(=O)c1c(-c2ccc(F)cc2)oc2nc(CCC(F)(F)F)c(-c3ccc(OC)c(C(=O)O)c3)cc12. The van der Waals surface area contributed by atoms with Crippen molar-refractivity contribution < 1.29 is 41.4 Å². The highest BCUT2D eigenvalue weighted by atomic mass is 19.4. The van der Waals surface area contributed by atoms with Gasteiger partial charge in [-0.3, -0.25) is 4.79 Å². The molecule has 0 unspecified atom stereocenters. The summed E-state index contributed by atoms with van der Waals surface area (Å²) in [7, 11) is 2.69. The minimum absolute atomic E-state index is 0.00538. The molecule has 0 bridgehead atoms. The number of carbonyl (C=O) groups excluding carboxylic acids is 1. The average Bonchev–Trinajstić information content (AvgIpc) is 3.24. The number of carboxylic acids is 1. The molecule has 11 heteroatoms. The van der Waals surface area contributed by atoms with Crippen molar-refractivity contribution in [1.82, 2.24) is 10.3 Å². The number of carbonyl (C=O) groups is 2. The van der Waals surface area contributed by atoms with E-state index in [1.54, 1.807) is 0 Å². The maximum atomic E-state index is 13.5. The topological polar surface area (TPSA) is 102 Å². The maximum Gasteiger partial charge on any atom is 0.389 e. The van der Waals surface area contributed by atoms with Crippen molar-refractivity contribution in [2.24, 2.45) is 0 Å². The van der Waals surface area contributed by atoms with Crippen molar-refractivity contribution in [3.63, 3.8) is 0 Å². The molecule has 0 spiro atoms. The molecule has 2 N–H and O–H groups in total. The van der Waals surface area contributed by atoms with Gasteiger partial charge in [0.15, 0.2) is 0 Å². The Morgan fingerprint density at radius 3 is 2.35 bits per heavy atom. The monoisotopic (exact) mass is 516 g/mol. The van der Waals surface area contributed by atoms with Crippen LogP contribution in [0.15, 0.2) is 52.9 Å². The quantitative estimate of drug-likeness (QED) is 0.298. The second-order valence-electron chi connectivity index (χ2n) is 8.06. The Bertz CT molecular complexity index is 1490. The van der Waals surface area contributed by atoms with Crippen molar-refractivity contribution in [1.29, 1.82) is 0 Å². The van der Waals surface area contributed by atoms with E-state index < -0.39 is 36.7 Å². The zero-order chi connectivity index (χ0) is 26.9. The lowest BCUT2D eigenvalue weighted by molar-refractivity contribution is -0.134. The first-order chi connectivity index (χ1) is 17.5. The van der Waals surface area contributed by atoms with Crippen LogP contribution in [0, 0.1) is 5.82 Å². The summed E-state index contributed by atoms with van der Waals surface area (Å²) in [5, 5.41) is 12.3. The highest BCUT2D eigenvalue weighted by Crippen LogP contribution is 2.38. The molecule has 2 aromatic carbocycles. The number of hydrogen-bond donors (Lipinski definition) is 2. The summed E-state index contributed by atoms with van der Waals surface area (Å²) in [5.41, 5.74) is 0.560. The molecule has 4 rings (SSSR count). The number of methoxy groups -OCH3 is 1. The molecule has 0 fully saturated rings. The first-order valence-corrected chi connectivity index (χ1v) is 10.9. The number of nitrogens with zero attached hydrogens (tertiary/aromatic N) is 1. The highest BCUT2D eigenvalue weighted by molar-refractivity contribution is 6.11. The Morgan fingerprint density at radius 1 is 1.08 bits per heavy atom. The summed E-state index contributed by atoms with van der Waals surface area (Å²) in [6.45, 7) is 0. The van der Waals surface area contributed by atoms with Gasteiger partial charge >= 0.3 is 12.1 Å². The summed E-state index contributed by atoms with van der Waals surface area (Å²) in [6.07, 6.45) is -6.19. The number of amides is 1. The Morgan fingerprint density at radius 2 is 1.76 bits per heavy atom. The molecular weight excluding hydrogens is 496 g/mol. The third kappa shape index (κ3) is 5.25. The lowest BCUT2D eigenvalue weighted by Crippen LogP contribution is -2.18. The summed E-state index contributed by atoms with van der Waals surface area (Å²) >= 11 is 0. The van der Waals surface area contributed by atoms with Gasteiger partial charge in [0.1, 0.15) is 22.9 Å². The van der Waals surface area contributed by atoms with E-state index >= 15 is 0 Å². The van der Waals surface area contributed by atoms with Crippen molar-refractivity contribution >= 4 is 23.0 Å². The van der Waals surface area contributed by atoms with Gasteiger partial charge in [-0.2, -0.15) is 13.2 Å². The van der Waals surface area contributed by atoms with E-state index in [9.17, 15) is 32.3 Å². The number of ether oxygens (including phenoxy) is 1. The van der Waals surface area contributed by atoms with Gasteiger partial charge in [-0.1, -0.05) is 6.07 Å². The number of nitrogens with one attached hydrogen (secondary N) is 1. The molecule has 4 aromatic rings. The van der Waals surface area contributed by atoms with E-state index in [0.29, 0.717) is 5.56 Å². The van der Waals surface area contributed by atoms with Crippen molar-refractivity contribution in [3.8, 4) is 28.2 Å². The summed E-state index contributed by atoms with van der Waals surface area (Å²) in [4.78, 5) is 28.9. The van der Waals surface area contributed by atoms with Crippen LogP contribution in [0.1, 0.15) is 32.8 Å². The lowest BCUT2D eigenvalue weighted by Gasteiger charge is -2.13. The standard InChI is InChI=1S/C26H20F4N2O5/c1-31-23(33)21-18-12-16(14-5-8-20(36-2)17(11-14)25(34)35)19(9-10-26(28,29)30)32-24(18)37-22(21)13-3-6-15(27)7-4-13/h3-8,11-12H,9-10H2,1-2H3,(H,31,33)(H,34,35). The predicted molar refractivity (Wildman–Crippen MR) is 126 cm³/mol. The van der Waals surface area contributed by atoms with Crippen molar-refractivity contribution in [2.75, 3.05) is 14.2 Å². The minimum atomic E-state index is -4.48. The molecule has 0 radical (unpaired) electrons. The smallest absolute Gasteiger partial charge is 0.389 e. The molecule has 0 aliphatic carbocycles. The Hall–Kier alpha value is -4.41. The van der Waals surface area contributed by atoms with Crippen LogP contribution < -0.4 is 10.1 Å². The number of rotatable bonds is 7. The number of aromatic nitrogens is 1. The van der Waals surface area contributed by atoms with Gasteiger partial charge in [0.25, 0.3) is 5.91 Å². The van der Waals surface area contributed by atoms with E-state index in [0.717, 1.165) is 0 Å². The normalized spacial score (nSPS) is 11.5. The largest absolute Gasteiger partial charge is 0.496 e. The van der Waals surface area contributed by atoms with Crippen LogP contribution >= 0.6 is 0 Å². The molecule has 0 saturated carbocycles. The molecule has 1 amide bonds. The van der Waals surface area contributed by atoms with Crippen molar-refractivity contribution in [3.05, 3.63) is 71.2 Å². The van der Waals surface area contributed by atoms with Gasteiger partial charge in [-0.15, -0.1) is 0 Å². The number of benzene rings is 2. The van der Waals surface area contributed by atoms with Crippen LogP contribution in [-0.2, 0) is 6.42 Å². The van der Waals surface area contributed by atoms with Crippen LogP contribution in [0.3, 0.4) is 0 Å². The van der Waals surface area contributed by atoms with E-state index in [2.05, 4.69) is 10.3 Å². The first kappa shape index (κ1) is 25.7. The van der Waals surface area contributed by atoms with Gasteiger partial charge in [-0.05, 0) is 54.4 Å². The zero-order valence-corrected chi connectivity index (χ0v) is 19.6. The van der Waals surface area contributed by atoms with E-state index in [-0.39, 0.29) is 50.6 Å². The molecule has 2 aromatic heterocycles. The second kappa shape index (κ2) is 9.92. The van der Waals surface area contributed by atoms with Gasteiger partial charge in [0.2, 0.25) is 5.71 Å². The summed E-state index contributed by atoms with van der Waals surface area (Å²) < 4.78 is 63.7. The Balaban J connectivity index is 2.00. The average molecular weight is 516 g/mol. The van der Waals surface area contributed by atoms with Crippen molar-refractivity contribution in [2.45, 2.75) is 19.0 Å². The number of aryl methyl sites for hydroxylation is 1. The summed E-state index contributed by atoms with van der Waals surface area (Å²) in [5.74, 6) is -2.24. The third-order valence-corrected chi connectivity index (χ3v) is 5.71. The molecule has 0 atom stereocenters. The van der Waals surface area contributed by atoms with E-state index in [1.165, 1.54) is 62.7 Å². The molecule has 0 saturated heterocycles. The molecule has 7 nitrogen and oxygen atoms in total. The lowest BCUT2D eigenvalue weighted by atomic mass is 9.96. The number of pyridine rings is 1. The molecular formula is C26H20F4N2O5. The molecule has 37 heavy (non-hydrogen) atoms. The number of furan rings is 1. The van der Waals surface area contributed by atoms with Gasteiger partial charge < -0.3 is 19.6 Å². The molecule has 0 aliphatic rings. The van der Waals surface area contributed by atoms with Gasteiger partial charge in [0.05, 0.1) is 23.8 Å². The fourth-order valence-corrected chi connectivity index (χ4v) is 3.96. The van der Waals surface area contributed by atoms with Crippen LogP contribution in [0.2, 0.25) is 0 Å². The van der Waals surface area contributed by atoms with Crippen LogP contribution in [0.4, 0.5) is 17.6 Å². The van der Waals surface area contributed by atoms with Gasteiger partial charge in [0, 0.05) is 24.6 Å². The molecule has 2 heterocycles. The second-order valence-corrected chi connectivity index (χ2v) is 8.06. The number of aromatic carboxylic acids is 1. The number of hydrogen-bond acceptors (Lipinski definition) is 5. The highest BCUT2D eigenvalue weighted by Gasteiger charge is 2.29. The predicted octanol–water partition coefficient (Wildman–Crippen LogP) is 5.86. The first-order valence-electron chi connectivity index (χ1n) is 10.9. The number of carboxylic acid groups (broad SMARTS) is 1. The molecule has 0 aliphatic heterocycles. The minimum Gasteiger partial charge on any atom is -0.496 e. The maximum absolute atomic E-state index is 13.5. The zero-order valence-electron chi connectivity index (χ0n) is 19.6. The number of alkyl halides is 3. The fraction of sp³-hybridized carbons (Fsp3) is 0.192. The fourth-order valence-electron chi connectivity index (χ4n) is 3.96. The summed E-state index contributed by atoms with van der Waals surface area (Å²) in [6, 6.07) is 10.7. The van der Waals surface area contributed by atoms with E-state index in [4.69, 9.17) is 9.15 Å².